The van der Waals surface area contributed by atoms with Gasteiger partial charge in [-0.2, -0.15) is 4.37 Å². The van der Waals surface area contributed by atoms with Crippen molar-refractivity contribution in [2.24, 2.45) is 5.73 Å². The van der Waals surface area contributed by atoms with Crippen molar-refractivity contribution in [2.45, 2.75) is 37.8 Å². The summed E-state index contributed by atoms with van der Waals surface area (Å²) in [6, 6.07) is 4.04. The van der Waals surface area contributed by atoms with Crippen LogP contribution in [0.2, 0.25) is 0 Å². The van der Waals surface area contributed by atoms with Crippen LogP contribution in [0.5, 0.6) is 5.06 Å². The van der Waals surface area contributed by atoms with E-state index in [-0.39, 0.29) is 23.5 Å². The number of aromatic nitrogens is 2. The smallest absolute Gasteiger partial charge is 0.276 e. The monoisotopic (exact) mass is 463 g/mol. The average molecular weight is 463 g/mol. The Morgan fingerprint density at radius 1 is 1.12 bits per heavy atom. The fourth-order valence-corrected chi connectivity index (χ4v) is 4.16. The highest BCUT2D eigenvalue weighted by Gasteiger charge is 2.25. The molecule has 0 saturated heterocycles. The first-order chi connectivity index (χ1) is 15.3. The predicted molar refractivity (Wildman–Crippen MR) is 115 cm³/mol. The van der Waals surface area contributed by atoms with Crippen molar-refractivity contribution in [3.63, 3.8) is 0 Å². The normalized spacial score (nSPS) is 18.4. The molecule has 168 valence electrons. The van der Waals surface area contributed by atoms with E-state index in [0.29, 0.717) is 10.8 Å². The highest BCUT2D eigenvalue weighted by atomic mass is 32.1. The average Bonchev–Trinajstić information content (AvgIpc) is 3.17. The summed E-state index contributed by atoms with van der Waals surface area (Å²) in [7, 11) is 0. The SMILES string of the molecule is Nc1cc(F)c(-c2c(F)cccc2F)nc1C(=O)Nc1cnsc1OC1CCC(N)CC1. The maximum Gasteiger partial charge on any atom is 0.276 e. The number of anilines is 2. The van der Waals surface area contributed by atoms with Crippen molar-refractivity contribution in [3.05, 3.63) is 53.6 Å². The molecule has 1 aromatic carbocycles. The molecular formula is C21H20F3N5O2S. The zero-order valence-corrected chi connectivity index (χ0v) is 17.6. The summed E-state index contributed by atoms with van der Waals surface area (Å²) in [4.78, 5) is 16.7. The van der Waals surface area contributed by atoms with Gasteiger partial charge in [0, 0.05) is 23.6 Å². The number of benzene rings is 1. The molecule has 0 radical (unpaired) electrons. The number of nitrogens with one attached hydrogen (secondary N) is 1. The largest absolute Gasteiger partial charge is 0.478 e. The molecule has 1 fully saturated rings. The second-order valence-electron chi connectivity index (χ2n) is 7.49. The molecule has 7 nitrogen and oxygen atoms in total. The van der Waals surface area contributed by atoms with Crippen LogP contribution in [-0.2, 0) is 0 Å². The van der Waals surface area contributed by atoms with Crippen LogP contribution in [0.15, 0.2) is 30.5 Å². The topological polar surface area (TPSA) is 116 Å². The minimum Gasteiger partial charge on any atom is -0.478 e. The van der Waals surface area contributed by atoms with Crippen LogP contribution in [0.25, 0.3) is 11.3 Å². The molecule has 5 N–H and O–H groups in total. The molecule has 1 aliphatic carbocycles. The second kappa shape index (κ2) is 9.13. The van der Waals surface area contributed by atoms with Gasteiger partial charge < -0.3 is 21.5 Å². The molecule has 0 atom stereocenters. The van der Waals surface area contributed by atoms with Gasteiger partial charge in [0.25, 0.3) is 5.91 Å². The molecule has 0 bridgehead atoms. The Hall–Kier alpha value is -3.18. The number of halogens is 3. The number of nitrogen functional groups attached to an aromatic ring is 1. The van der Waals surface area contributed by atoms with Crippen LogP contribution < -0.4 is 21.5 Å². The maximum absolute atomic E-state index is 14.4. The minimum atomic E-state index is -1.06. The second-order valence-corrected chi connectivity index (χ2v) is 8.25. The van der Waals surface area contributed by atoms with E-state index < -0.39 is 34.6 Å². The van der Waals surface area contributed by atoms with Crippen LogP contribution in [0.4, 0.5) is 24.5 Å². The van der Waals surface area contributed by atoms with Crippen LogP contribution >= 0.6 is 11.5 Å². The third-order valence-corrected chi connectivity index (χ3v) is 5.89. The highest BCUT2D eigenvalue weighted by molar-refractivity contribution is 7.08. The molecule has 4 rings (SSSR count). The van der Waals surface area contributed by atoms with Crippen molar-refractivity contribution in [1.82, 2.24) is 9.36 Å². The van der Waals surface area contributed by atoms with Gasteiger partial charge in [-0.1, -0.05) is 6.07 Å². The standard InChI is InChI=1S/C21H20F3N5O2S/c22-12-2-1-3-13(23)17(12)18-14(24)8-15(26)19(29-18)20(30)28-16-9-27-32-21(16)31-11-6-4-10(25)5-7-11/h1-3,8-11H,4-7,25-26H2,(H,28,30). The Bertz CT molecular complexity index is 1130. The number of ether oxygens (including phenoxy) is 1. The zero-order valence-electron chi connectivity index (χ0n) is 16.8. The summed E-state index contributed by atoms with van der Waals surface area (Å²) in [5, 5.41) is 2.98. The van der Waals surface area contributed by atoms with Crippen LogP contribution in [0.1, 0.15) is 36.2 Å². The van der Waals surface area contributed by atoms with Crippen LogP contribution in [0, 0.1) is 17.5 Å². The van der Waals surface area contributed by atoms with E-state index in [0.717, 1.165) is 61.5 Å². The van der Waals surface area contributed by atoms with Gasteiger partial charge in [0.1, 0.15) is 23.0 Å². The van der Waals surface area contributed by atoms with E-state index in [9.17, 15) is 18.0 Å². The van der Waals surface area contributed by atoms with Gasteiger partial charge in [0.15, 0.2) is 11.5 Å². The fourth-order valence-electron chi connectivity index (χ4n) is 3.52. The Morgan fingerprint density at radius 2 is 1.81 bits per heavy atom. The summed E-state index contributed by atoms with van der Waals surface area (Å²) in [5.41, 5.74) is 9.96. The van der Waals surface area contributed by atoms with E-state index in [1.807, 2.05) is 0 Å². The fraction of sp³-hybridized carbons (Fsp3) is 0.286. The Morgan fingerprint density at radius 3 is 2.50 bits per heavy atom. The van der Waals surface area contributed by atoms with Gasteiger partial charge in [0.2, 0.25) is 5.06 Å². The lowest BCUT2D eigenvalue weighted by Crippen LogP contribution is -2.31. The van der Waals surface area contributed by atoms with Gasteiger partial charge in [0.05, 0.1) is 23.6 Å². The first-order valence-electron chi connectivity index (χ1n) is 9.92. The predicted octanol–water partition coefficient (Wildman–Crippen LogP) is 4.11. The lowest BCUT2D eigenvalue weighted by Gasteiger charge is -2.26. The third kappa shape index (κ3) is 4.53. The molecule has 32 heavy (non-hydrogen) atoms. The molecule has 0 aliphatic heterocycles. The van der Waals surface area contributed by atoms with Gasteiger partial charge >= 0.3 is 0 Å². The number of hydrogen-bond donors (Lipinski definition) is 3. The Labute approximate surface area is 185 Å². The van der Waals surface area contributed by atoms with Crippen molar-refractivity contribution >= 4 is 28.8 Å². The quantitative estimate of drug-likeness (QED) is 0.525. The number of hydrogen-bond acceptors (Lipinski definition) is 7. The number of amides is 1. The molecule has 1 amide bonds. The molecule has 2 heterocycles. The summed E-state index contributed by atoms with van der Waals surface area (Å²) in [6.07, 6.45) is 4.62. The highest BCUT2D eigenvalue weighted by Crippen LogP contribution is 2.34. The van der Waals surface area contributed by atoms with E-state index in [4.69, 9.17) is 16.2 Å². The molecule has 11 heteroatoms. The lowest BCUT2D eigenvalue weighted by molar-refractivity contribution is 0.102. The number of rotatable bonds is 5. The van der Waals surface area contributed by atoms with E-state index >= 15 is 0 Å². The number of nitrogens with two attached hydrogens (primary N) is 2. The van der Waals surface area contributed by atoms with E-state index in [1.54, 1.807) is 0 Å². The number of pyridine rings is 1. The molecule has 1 aliphatic rings. The number of carbonyl (C=O) groups excluding carboxylic acids is 1. The lowest BCUT2D eigenvalue weighted by atomic mass is 9.94. The van der Waals surface area contributed by atoms with E-state index in [2.05, 4.69) is 14.7 Å². The molecule has 0 spiro atoms. The van der Waals surface area contributed by atoms with Crippen molar-refractivity contribution < 1.29 is 22.7 Å². The number of carbonyl (C=O) groups is 1. The third-order valence-electron chi connectivity index (χ3n) is 5.20. The van der Waals surface area contributed by atoms with Crippen LogP contribution in [-0.4, -0.2) is 27.4 Å². The van der Waals surface area contributed by atoms with Gasteiger partial charge in [-0.25, -0.2) is 18.2 Å². The summed E-state index contributed by atoms with van der Waals surface area (Å²) in [6.45, 7) is 0. The zero-order chi connectivity index (χ0) is 22.8. The number of nitrogens with zero attached hydrogens (tertiary/aromatic N) is 2. The van der Waals surface area contributed by atoms with Gasteiger partial charge in [-0.15, -0.1) is 0 Å². The molecule has 3 aromatic rings. The summed E-state index contributed by atoms with van der Waals surface area (Å²) >= 11 is 1.06. The summed E-state index contributed by atoms with van der Waals surface area (Å²) < 4.78 is 52.7. The van der Waals surface area contributed by atoms with E-state index in [1.165, 1.54) is 6.20 Å². The van der Waals surface area contributed by atoms with Gasteiger partial charge in [-0.05, 0) is 37.8 Å². The molecule has 1 saturated carbocycles. The first kappa shape index (κ1) is 22.0. The Kier molecular flexibility index (Phi) is 6.28. The molecule has 2 aromatic heterocycles. The van der Waals surface area contributed by atoms with Crippen molar-refractivity contribution in [3.8, 4) is 16.3 Å². The minimum absolute atomic E-state index is 0.0458. The first-order valence-corrected chi connectivity index (χ1v) is 10.7. The molecule has 0 unspecified atom stereocenters. The van der Waals surface area contributed by atoms with Crippen molar-refractivity contribution in [2.75, 3.05) is 11.1 Å². The maximum atomic E-state index is 14.4. The Balaban J connectivity index is 1.58. The summed E-state index contributed by atoms with van der Waals surface area (Å²) in [5.74, 6) is -3.88. The molecular weight excluding hydrogens is 443 g/mol. The van der Waals surface area contributed by atoms with Crippen LogP contribution in [0.3, 0.4) is 0 Å². The van der Waals surface area contributed by atoms with Gasteiger partial charge in [-0.3, -0.25) is 4.79 Å². The van der Waals surface area contributed by atoms with Crippen molar-refractivity contribution in [1.29, 1.82) is 0 Å².